The van der Waals surface area contributed by atoms with E-state index in [-0.39, 0.29) is 5.91 Å². The van der Waals surface area contributed by atoms with Gasteiger partial charge in [0.2, 0.25) is 0 Å². The van der Waals surface area contributed by atoms with Crippen LogP contribution in [0.5, 0.6) is 5.75 Å². The van der Waals surface area contributed by atoms with Crippen LogP contribution >= 0.6 is 0 Å². The number of nitrogens with zero attached hydrogens (tertiary/aromatic N) is 2. The molecule has 3 rings (SSSR count). The molecule has 1 amide bonds. The average Bonchev–Trinajstić information content (AvgIpc) is 3.12. The van der Waals surface area contributed by atoms with Gasteiger partial charge in [0.25, 0.3) is 5.91 Å². The van der Waals surface area contributed by atoms with E-state index in [1.807, 2.05) is 36.1 Å². The van der Waals surface area contributed by atoms with Crippen molar-refractivity contribution in [2.45, 2.75) is 18.9 Å². The number of anilines is 1. The van der Waals surface area contributed by atoms with Crippen molar-refractivity contribution in [2.24, 2.45) is 0 Å². The number of pyridine rings is 1. The number of hydrogen-bond acceptors (Lipinski definition) is 5. The van der Waals surface area contributed by atoms with Crippen molar-refractivity contribution in [3.8, 4) is 5.75 Å². The fourth-order valence-electron chi connectivity index (χ4n) is 3.17. The maximum absolute atomic E-state index is 12.8. The lowest BCUT2D eigenvalue weighted by atomic mass is 10.0. The van der Waals surface area contributed by atoms with Gasteiger partial charge in [0, 0.05) is 32.5 Å². The third kappa shape index (κ3) is 3.80. The van der Waals surface area contributed by atoms with E-state index in [1.165, 1.54) is 0 Å². The van der Waals surface area contributed by atoms with Gasteiger partial charge in [-0.15, -0.1) is 0 Å². The summed E-state index contributed by atoms with van der Waals surface area (Å²) in [6, 6.07) is 11.4. The Kier molecular flexibility index (Phi) is 5.42. The van der Waals surface area contributed by atoms with Crippen LogP contribution in [0.15, 0.2) is 42.6 Å². The molecule has 1 aliphatic heterocycles. The van der Waals surface area contributed by atoms with Gasteiger partial charge < -0.3 is 19.7 Å². The first-order valence-electron chi connectivity index (χ1n) is 8.73. The summed E-state index contributed by atoms with van der Waals surface area (Å²) in [7, 11) is 3.46. The molecular formula is C20H25N3O3. The number of carbonyl (C=O) groups excluding carboxylic acids is 1. The van der Waals surface area contributed by atoms with Crippen LogP contribution in [0.25, 0.3) is 0 Å². The highest BCUT2D eigenvalue weighted by Gasteiger charge is 2.41. The molecule has 1 aromatic heterocycles. The number of nitrogens with one attached hydrogen (secondary N) is 1. The summed E-state index contributed by atoms with van der Waals surface area (Å²) in [5.41, 5.74) is 1.22. The van der Waals surface area contributed by atoms with E-state index < -0.39 is 5.60 Å². The summed E-state index contributed by atoms with van der Waals surface area (Å²) in [6.45, 7) is 3.57. The van der Waals surface area contributed by atoms with Gasteiger partial charge in [-0.05, 0) is 37.1 Å². The van der Waals surface area contributed by atoms with Crippen LogP contribution in [0.3, 0.4) is 0 Å². The number of carbonyl (C=O) groups is 1. The normalized spacial score (nSPS) is 19.4. The molecule has 2 heterocycles. The summed E-state index contributed by atoms with van der Waals surface area (Å²) >= 11 is 0. The smallest absolute Gasteiger partial charge is 0.254 e. The van der Waals surface area contributed by atoms with Crippen LogP contribution in [-0.4, -0.2) is 55.2 Å². The molecule has 0 aliphatic carbocycles. The average molecular weight is 355 g/mol. The standard InChI is InChI=1S/C20H25N3O3/c1-15-6-4-5-7-17(15)26-14-20(25-3)9-11-23(13-20)19(24)16-8-10-22-18(12-16)21-2/h4-8,10,12H,9,11,13-14H2,1-3H3,(H,21,22)/t20-/m1/s1. The van der Waals surface area contributed by atoms with Crippen LogP contribution in [0.4, 0.5) is 5.82 Å². The molecular weight excluding hydrogens is 330 g/mol. The molecule has 2 aromatic rings. The Balaban J connectivity index is 1.68. The van der Waals surface area contributed by atoms with Gasteiger partial charge in [0.05, 0.1) is 6.54 Å². The minimum atomic E-state index is -0.489. The fourth-order valence-corrected chi connectivity index (χ4v) is 3.17. The second-order valence-corrected chi connectivity index (χ2v) is 6.60. The fraction of sp³-hybridized carbons (Fsp3) is 0.400. The molecule has 6 heteroatoms. The molecule has 1 aromatic carbocycles. The number of likely N-dealkylation sites (tertiary alicyclic amines) is 1. The Labute approximate surface area is 154 Å². The molecule has 0 saturated carbocycles. The Bertz CT molecular complexity index is 780. The third-order valence-electron chi connectivity index (χ3n) is 4.88. The molecule has 1 aliphatic rings. The molecule has 1 atom stereocenters. The lowest BCUT2D eigenvalue weighted by Gasteiger charge is -2.28. The summed E-state index contributed by atoms with van der Waals surface area (Å²) in [5.74, 6) is 1.51. The Morgan fingerprint density at radius 1 is 1.35 bits per heavy atom. The number of hydrogen-bond donors (Lipinski definition) is 1. The Morgan fingerprint density at radius 3 is 2.88 bits per heavy atom. The van der Waals surface area contributed by atoms with Crippen molar-refractivity contribution < 1.29 is 14.3 Å². The predicted molar refractivity (Wildman–Crippen MR) is 101 cm³/mol. The number of aryl methyl sites for hydroxylation is 1. The molecule has 6 nitrogen and oxygen atoms in total. The highest BCUT2D eigenvalue weighted by Crippen LogP contribution is 2.28. The zero-order valence-corrected chi connectivity index (χ0v) is 15.5. The molecule has 0 bridgehead atoms. The maximum Gasteiger partial charge on any atom is 0.254 e. The van der Waals surface area contributed by atoms with Gasteiger partial charge in [-0.3, -0.25) is 4.79 Å². The van der Waals surface area contributed by atoms with Gasteiger partial charge >= 0.3 is 0 Å². The van der Waals surface area contributed by atoms with E-state index >= 15 is 0 Å². The minimum Gasteiger partial charge on any atom is -0.490 e. The topological polar surface area (TPSA) is 63.7 Å². The monoisotopic (exact) mass is 355 g/mol. The Hall–Kier alpha value is -2.60. The largest absolute Gasteiger partial charge is 0.490 e. The zero-order valence-electron chi connectivity index (χ0n) is 15.5. The molecule has 1 fully saturated rings. The van der Waals surface area contributed by atoms with E-state index in [2.05, 4.69) is 10.3 Å². The van der Waals surface area contributed by atoms with Crippen molar-refractivity contribution >= 4 is 11.7 Å². The van der Waals surface area contributed by atoms with Crippen LogP contribution in [0.1, 0.15) is 22.3 Å². The van der Waals surface area contributed by atoms with Gasteiger partial charge in [0.15, 0.2) is 0 Å². The van der Waals surface area contributed by atoms with E-state index in [9.17, 15) is 4.79 Å². The van der Waals surface area contributed by atoms with Gasteiger partial charge in [-0.1, -0.05) is 18.2 Å². The molecule has 26 heavy (non-hydrogen) atoms. The van der Waals surface area contributed by atoms with E-state index in [4.69, 9.17) is 9.47 Å². The minimum absolute atomic E-state index is 0.0151. The summed E-state index contributed by atoms with van der Waals surface area (Å²) in [4.78, 5) is 18.8. The van der Waals surface area contributed by atoms with Gasteiger partial charge in [-0.2, -0.15) is 0 Å². The Morgan fingerprint density at radius 2 is 2.15 bits per heavy atom. The first-order chi connectivity index (χ1) is 12.6. The van der Waals surface area contributed by atoms with E-state index in [1.54, 1.807) is 32.5 Å². The summed E-state index contributed by atoms with van der Waals surface area (Å²) < 4.78 is 11.8. The van der Waals surface area contributed by atoms with Crippen LogP contribution in [0, 0.1) is 6.92 Å². The van der Waals surface area contributed by atoms with Crippen molar-refractivity contribution in [2.75, 3.05) is 39.2 Å². The van der Waals surface area contributed by atoms with Crippen molar-refractivity contribution in [3.63, 3.8) is 0 Å². The first-order valence-corrected chi connectivity index (χ1v) is 8.73. The van der Waals surface area contributed by atoms with Gasteiger partial charge in [-0.25, -0.2) is 4.98 Å². The number of methoxy groups -OCH3 is 1. The van der Waals surface area contributed by atoms with Crippen molar-refractivity contribution in [3.05, 3.63) is 53.7 Å². The van der Waals surface area contributed by atoms with Crippen LogP contribution in [-0.2, 0) is 4.74 Å². The SMILES string of the molecule is CNc1cc(C(=O)N2CC[C@@](COc3ccccc3C)(OC)C2)ccn1. The van der Waals surface area contributed by atoms with E-state index in [0.717, 1.165) is 17.7 Å². The quantitative estimate of drug-likeness (QED) is 0.863. The highest BCUT2D eigenvalue weighted by atomic mass is 16.5. The predicted octanol–water partition coefficient (Wildman–Crippen LogP) is 2.74. The van der Waals surface area contributed by atoms with Crippen molar-refractivity contribution in [1.82, 2.24) is 9.88 Å². The molecule has 138 valence electrons. The lowest BCUT2D eigenvalue weighted by Crippen LogP contribution is -2.42. The number of amides is 1. The van der Waals surface area contributed by atoms with Crippen molar-refractivity contribution in [1.29, 1.82) is 0 Å². The van der Waals surface area contributed by atoms with Crippen LogP contribution in [0.2, 0.25) is 0 Å². The second kappa shape index (κ2) is 7.74. The number of rotatable bonds is 6. The number of benzene rings is 1. The number of ether oxygens (including phenoxy) is 2. The molecule has 0 spiro atoms. The first kappa shape index (κ1) is 18.2. The van der Waals surface area contributed by atoms with E-state index in [0.29, 0.717) is 31.1 Å². The lowest BCUT2D eigenvalue weighted by molar-refractivity contribution is -0.0343. The van der Waals surface area contributed by atoms with Gasteiger partial charge in [0.1, 0.15) is 23.8 Å². The number of para-hydroxylation sites is 1. The summed E-state index contributed by atoms with van der Waals surface area (Å²) in [5, 5.41) is 2.96. The van der Waals surface area contributed by atoms with Crippen LogP contribution < -0.4 is 10.1 Å². The molecule has 1 saturated heterocycles. The maximum atomic E-state index is 12.8. The second-order valence-electron chi connectivity index (χ2n) is 6.60. The molecule has 0 unspecified atom stereocenters. The zero-order chi connectivity index (χ0) is 18.6. The summed E-state index contributed by atoms with van der Waals surface area (Å²) in [6.07, 6.45) is 2.38. The number of aromatic nitrogens is 1. The third-order valence-corrected chi connectivity index (χ3v) is 4.88. The highest BCUT2D eigenvalue weighted by molar-refractivity contribution is 5.95. The molecule has 1 N–H and O–H groups in total. The molecule has 0 radical (unpaired) electrons.